The smallest absolute Gasteiger partial charge is 0.251 e. The van der Waals surface area contributed by atoms with E-state index in [9.17, 15) is 9.59 Å². The molecule has 0 aromatic carbocycles. The van der Waals surface area contributed by atoms with E-state index in [2.05, 4.69) is 20.3 Å². The summed E-state index contributed by atoms with van der Waals surface area (Å²) >= 11 is 0. The molecule has 1 heterocycles. The Kier molecular flexibility index (Phi) is 3.36. The molecule has 1 fully saturated rings. The number of hydrogen-bond acceptors (Lipinski definition) is 6. The van der Waals surface area contributed by atoms with Crippen LogP contribution >= 0.6 is 0 Å². The Labute approximate surface area is 79.8 Å². The molecule has 2 amide bonds. The lowest BCUT2D eigenvalue weighted by molar-refractivity contribution is -0.145. The third-order valence-corrected chi connectivity index (χ3v) is 1.88. The zero-order chi connectivity index (χ0) is 10.6. The van der Waals surface area contributed by atoms with Gasteiger partial charge in [0.05, 0.1) is 6.54 Å². The van der Waals surface area contributed by atoms with Crippen molar-refractivity contribution in [2.75, 3.05) is 19.8 Å². The summed E-state index contributed by atoms with van der Waals surface area (Å²) in [6.45, 7) is -0.487. The summed E-state index contributed by atoms with van der Waals surface area (Å²) in [6, 6.07) is 0. The van der Waals surface area contributed by atoms with Crippen LogP contribution in [0.5, 0.6) is 0 Å². The van der Waals surface area contributed by atoms with Gasteiger partial charge in [0, 0.05) is 0 Å². The van der Waals surface area contributed by atoms with Crippen LogP contribution in [-0.2, 0) is 19.3 Å². The van der Waals surface area contributed by atoms with Crippen molar-refractivity contribution < 1.29 is 19.3 Å². The monoisotopic (exact) mass is 204 g/mol. The fourth-order valence-corrected chi connectivity index (χ4v) is 1.23. The van der Waals surface area contributed by atoms with E-state index >= 15 is 0 Å². The second kappa shape index (κ2) is 4.33. The normalized spacial score (nSPS) is 20.1. The fourth-order valence-electron chi connectivity index (χ4n) is 1.23. The van der Waals surface area contributed by atoms with E-state index in [4.69, 9.17) is 11.8 Å². The molecule has 14 heavy (non-hydrogen) atoms. The Bertz CT molecular complexity index is 238. The fraction of sp³-hybridized carbons (Fsp3) is 0.667. The maximum absolute atomic E-state index is 11.4. The molecule has 80 valence electrons. The number of rotatable bonds is 4. The van der Waals surface area contributed by atoms with Crippen LogP contribution in [-0.4, -0.2) is 37.1 Å². The maximum Gasteiger partial charge on any atom is 0.251 e. The van der Waals surface area contributed by atoms with Gasteiger partial charge >= 0.3 is 0 Å². The number of piperazine rings is 1. The predicted octanol–water partition coefficient (Wildman–Crippen LogP) is -3.25. The first-order valence-corrected chi connectivity index (χ1v) is 3.87. The molecule has 0 radical (unpaired) electrons. The Morgan fingerprint density at radius 2 is 1.86 bits per heavy atom. The van der Waals surface area contributed by atoms with E-state index in [0.717, 1.165) is 0 Å². The van der Waals surface area contributed by atoms with E-state index < -0.39 is 11.4 Å². The molecule has 0 atom stereocenters. The van der Waals surface area contributed by atoms with Gasteiger partial charge in [0.2, 0.25) is 5.91 Å². The van der Waals surface area contributed by atoms with Crippen LogP contribution in [0.3, 0.4) is 0 Å². The van der Waals surface area contributed by atoms with E-state index in [0.29, 0.717) is 0 Å². The van der Waals surface area contributed by atoms with Crippen molar-refractivity contribution in [3.05, 3.63) is 0 Å². The molecule has 1 aliphatic heterocycles. The minimum absolute atomic E-state index is 0.0737. The lowest BCUT2D eigenvalue weighted by Crippen LogP contribution is -2.70. The van der Waals surface area contributed by atoms with Crippen molar-refractivity contribution >= 4 is 11.8 Å². The van der Waals surface area contributed by atoms with Gasteiger partial charge in [-0.3, -0.25) is 9.59 Å². The Morgan fingerprint density at radius 1 is 1.29 bits per heavy atom. The Hall–Kier alpha value is -1.22. The van der Waals surface area contributed by atoms with Gasteiger partial charge in [0.25, 0.3) is 5.91 Å². The lowest BCUT2D eigenvalue weighted by Gasteiger charge is -2.34. The van der Waals surface area contributed by atoms with Crippen LogP contribution in [0.1, 0.15) is 0 Å². The third kappa shape index (κ3) is 1.99. The number of carbonyl (C=O) groups excluding carboxylic acids is 2. The molecular formula is C6H12N4O4. The Balaban J connectivity index is 2.80. The Morgan fingerprint density at radius 3 is 2.36 bits per heavy atom. The van der Waals surface area contributed by atoms with E-state index in [1.165, 1.54) is 0 Å². The standard InChI is InChI=1S/C6H12N4O4/c7-13-2-6(3-14-8)5(12)9-1-4(11)10-6/h1-3,7-8H2,(H,9,12)(H,10,11). The van der Waals surface area contributed by atoms with E-state index in [1.54, 1.807) is 0 Å². The summed E-state index contributed by atoms with van der Waals surface area (Å²) in [7, 11) is 0. The number of carbonyl (C=O) groups is 2. The zero-order valence-corrected chi connectivity index (χ0v) is 7.41. The van der Waals surface area contributed by atoms with Crippen LogP contribution in [0, 0.1) is 0 Å². The van der Waals surface area contributed by atoms with Crippen LogP contribution in [0.2, 0.25) is 0 Å². The molecular weight excluding hydrogens is 192 g/mol. The minimum atomic E-state index is -1.33. The lowest BCUT2D eigenvalue weighted by atomic mass is 9.98. The van der Waals surface area contributed by atoms with Crippen LogP contribution in [0.15, 0.2) is 0 Å². The molecule has 0 saturated carbocycles. The number of nitrogens with two attached hydrogens (primary N) is 2. The van der Waals surface area contributed by atoms with Crippen LogP contribution in [0.4, 0.5) is 0 Å². The van der Waals surface area contributed by atoms with Gasteiger partial charge in [-0.05, 0) is 0 Å². The van der Waals surface area contributed by atoms with Crippen molar-refractivity contribution in [1.29, 1.82) is 0 Å². The summed E-state index contributed by atoms with van der Waals surface area (Å²) < 4.78 is 0. The molecule has 0 spiro atoms. The number of amides is 2. The molecule has 0 unspecified atom stereocenters. The highest BCUT2D eigenvalue weighted by molar-refractivity contribution is 5.98. The number of hydrogen-bond donors (Lipinski definition) is 4. The molecule has 8 heteroatoms. The second-order valence-corrected chi connectivity index (χ2v) is 2.93. The van der Waals surface area contributed by atoms with Gasteiger partial charge in [-0.15, -0.1) is 0 Å². The minimum Gasteiger partial charge on any atom is -0.345 e. The second-order valence-electron chi connectivity index (χ2n) is 2.93. The van der Waals surface area contributed by atoms with Gasteiger partial charge in [0.15, 0.2) is 5.54 Å². The molecule has 0 aromatic rings. The van der Waals surface area contributed by atoms with Crippen molar-refractivity contribution in [2.45, 2.75) is 5.54 Å². The van der Waals surface area contributed by atoms with Crippen LogP contribution in [0.25, 0.3) is 0 Å². The summed E-state index contributed by atoms with van der Waals surface area (Å²) in [6.07, 6.45) is 0. The summed E-state index contributed by atoms with van der Waals surface area (Å²) in [5, 5.41) is 4.79. The average Bonchev–Trinajstić information content (AvgIpc) is 2.13. The van der Waals surface area contributed by atoms with Gasteiger partial charge in [-0.2, -0.15) is 0 Å². The van der Waals surface area contributed by atoms with E-state index in [-0.39, 0.29) is 25.7 Å². The molecule has 6 N–H and O–H groups in total. The van der Waals surface area contributed by atoms with Crippen molar-refractivity contribution in [3.63, 3.8) is 0 Å². The third-order valence-electron chi connectivity index (χ3n) is 1.88. The first-order chi connectivity index (χ1) is 6.64. The largest absolute Gasteiger partial charge is 0.345 e. The number of nitrogens with one attached hydrogen (secondary N) is 2. The molecule has 1 aliphatic rings. The molecule has 0 aliphatic carbocycles. The van der Waals surface area contributed by atoms with Gasteiger partial charge < -0.3 is 20.3 Å². The highest BCUT2D eigenvalue weighted by atomic mass is 16.6. The van der Waals surface area contributed by atoms with Gasteiger partial charge in [-0.25, -0.2) is 11.8 Å². The highest BCUT2D eigenvalue weighted by Crippen LogP contribution is 2.08. The van der Waals surface area contributed by atoms with Crippen molar-refractivity contribution in [2.24, 2.45) is 11.8 Å². The summed E-state index contributed by atoms with van der Waals surface area (Å²) in [4.78, 5) is 31.2. The summed E-state index contributed by atoms with van der Waals surface area (Å²) in [5.41, 5.74) is -1.33. The first-order valence-electron chi connectivity index (χ1n) is 3.87. The van der Waals surface area contributed by atoms with Gasteiger partial charge in [0.1, 0.15) is 13.2 Å². The SMILES string of the molecule is NOCC1(CON)NC(=O)CNC1=O. The molecule has 0 aromatic heterocycles. The topological polar surface area (TPSA) is 129 Å². The van der Waals surface area contributed by atoms with Crippen molar-refractivity contribution in [1.82, 2.24) is 10.6 Å². The van der Waals surface area contributed by atoms with Crippen LogP contribution < -0.4 is 22.4 Å². The van der Waals surface area contributed by atoms with E-state index in [1.807, 2.05) is 0 Å². The predicted molar refractivity (Wildman–Crippen MR) is 44.2 cm³/mol. The van der Waals surface area contributed by atoms with Gasteiger partial charge in [-0.1, -0.05) is 0 Å². The molecule has 8 nitrogen and oxygen atoms in total. The quantitative estimate of drug-likeness (QED) is 0.356. The molecule has 1 saturated heterocycles. The highest BCUT2D eigenvalue weighted by Gasteiger charge is 2.43. The zero-order valence-electron chi connectivity index (χ0n) is 7.41. The molecule has 0 bridgehead atoms. The summed E-state index contributed by atoms with van der Waals surface area (Å²) in [5.74, 6) is 8.92. The maximum atomic E-state index is 11.4. The molecule has 1 rings (SSSR count). The average molecular weight is 204 g/mol. The first kappa shape index (κ1) is 10.9. The van der Waals surface area contributed by atoms with Crippen molar-refractivity contribution in [3.8, 4) is 0 Å².